The van der Waals surface area contributed by atoms with Gasteiger partial charge in [0.15, 0.2) is 0 Å². The molecule has 0 unspecified atom stereocenters. The first-order valence-corrected chi connectivity index (χ1v) is 5.05. The maximum absolute atomic E-state index is 11.2. The Labute approximate surface area is 66.7 Å². The fourth-order valence-corrected chi connectivity index (χ4v) is 2.26. The third kappa shape index (κ3) is 2.13. The molecular formula is C5H13N3O2S. The van der Waals surface area contributed by atoms with Crippen molar-refractivity contribution in [1.29, 1.82) is 0 Å². The summed E-state index contributed by atoms with van der Waals surface area (Å²) in [5.74, 6) is 0. The smallest absolute Gasteiger partial charge is 0.280 e. The van der Waals surface area contributed by atoms with E-state index in [-0.39, 0.29) is 6.67 Å². The van der Waals surface area contributed by atoms with Gasteiger partial charge in [0.2, 0.25) is 0 Å². The predicted molar refractivity (Wildman–Crippen MR) is 41.9 cm³/mol. The van der Waals surface area contributed by atoms with Crippen molar-refractivity contribution in [1.82, 2.24) is 9.03 Å². The summed E-state index contributed by atoms with van der Waals surface area (Å²) in [6, 6.07) is 0. The first-order chi connectivity index (χ1) is 5.17. The number of nitrogens with two attached hydrogens (primary N) is 1. The molecule has 6 heteroatoms. The summed E-state index contributed by atoms with van der Waals surface area (Å²) in [6.45, 7) is 1.21. The Morgan fingerprint density at radius 1 is 1.36 bits per heavy atom. The van der Waals surface area contributed by atoms with Crippen LogP contribution in [0.25, 0.3) is 0 Å². The normalized spacial score (nSPS) is 20.8. The topological polar surface area (TPSA) is 75.4 Å². The third-order valence-electron chi connectivity index (χ3n) is 1.67. The van der Waals surface area contributed by atoms with Gasteiger partial charge in [-0.25, -0.2) is 0 Å². The molecule has 66 valence electrons. The van der Waals surface area contributed by atoms with E-state index in [2.05, 4.69) is 4.72 Å². The first kappa shape index (κ1) is 8.92. The maximum Gasteiger partial charge on any atom is 0.280 e. The van der Waals surface area contributed by atoms with Gasteiger partial charge >= 0.3 is 0 Å². The highest BCUT2D eigenvalue weighted by atomic mass is 32.2. The molecule has 1 heterocycles. The average Bonchev–Trinajstić information content (AvgIpc) is 2.37. The summed E-state index contributed by atoms with van der Waals surface area (Å²) < 4.78 is 26.0. The second-order valence-corrected chi connectivity index (χ2v) is 4.21. The number of rotatable bonds is 3. The number of nitrogens with one attached hydrogen (secondary N) is 1. The molecule has 0 aromatic carbocycles. The van der Waals surface area contributed by atoms with Crippen molar-refractivity contribution in [2.45, 2.75) is 12.8 Å². The molecule has 0 radical (unpaired) electrons. The first-order valence-electron chi connectivity index (χ1n) is 3.61. The summed E-state index contributed by atoms with van der Waals surface area (Å²) in [5.41, 5.74) is 5.07. The van der Waals surface area contributed by atoms with E-state index in [1.54, 1.807) is 0 Å². The van der Waals surface area contributed by atoms with E-state index in [1.165, 1.54) is 4.31 Å². The highest BCUT2D eigenvalue weighted by Crippen LogP contribution is 2.10. The van der Waals surface area contributed by atoms with Gasteiger partial charge in [-0.15, -0.1) is 0 Å². The highest BCUT2D eigenvalue weighted by molar-refractivity contribution is 7.87. The molecule has 11 heavy (non-hydrogen) atoms. The van der Waals surface area contributed by atoms with E-state index in [4.69, 9.17) is 5.73 Å². The van der Waals surface area contributed by atoms with E-state index in [1.807, 2.05) is 0 Å². The minimum absolute atomic E-state index is 0.0289. The van der Waals surface area contributed by atoms with E-state index < -0.39 is 10.2 Å². The van der Waals surface area contributed by atoms with Gasteiger partial charge < -0.3 is 5.73 Å². The molecule has 5 nitrogen and oxygen atoms in total. The van der Waals surface area contributed by atoms with Gasteiger partial charge in [-0.05, 0) is 12.8 Å². The van der Waals surface area contributed by atoms with Crippen LogP contribution in [0.4, 0.5) is 0 Å². The molecule has 0 bridgehead atoms. The standard InChI is InChI=1S/C5H13N3O2S/c6-5-7-11(9,10)8-3-1-2-4-8/h7H,1-6H2. The molecule has 3 N–H and O–H groups in total. The predicted octanol–water partition coefficient (Wildman–Crippen LogP) is -1.17. The third-order valence-corrected chi connectivity index (χ3v) is 3.25. The van der Waals surface area contributed by atoms with Crippen LogP contribution in [0, 0.1) is 0 Å². The number of nitrogens with zero attached hydrogens (tertiary/aromatic N) is 1. The Bertz CT molecular complexity index is 208. The second kappa shape index (κ2) is 3.48. The molecule has 1 rings (SSSR count). The largest absolute Gasteiger partial charge is 0.318 e. The molecule has 1 aliphatic heterocycles. The number of hydrogen-bond acceptors (Lipinski definition) is 3. The van der Waals surface area contributed by atoms with Crippen molar-refractivity contribution in [2.24, 2.45) is 5.73 Å². The Morgan fingerprint density at radius 3 is 2.36 bits per heavy atom. The second-order valence-electron chi connectivity index (χ2n) is 2.46. The van der Waals surface area contributed by atoms with Gasteiger partial charge in [0.1, 0.15) is 0 Å². The molecular weight excluding hydrogens is 166 g/mol. The van der Waals surface area contributed by atoms with Gasteiger partial charge in [-0.1, -0.05) is 0 Å². The van der Waals surface area contributed by atoms with Crippen LogP contribution in [-0.2, 0) is 10.2 Å². The van der Waals surface area contributed by atoms with Crippen molar-refractivity contribution >= 4 is 10.2 Å². The summed E-state index contributed by atoms with van der Waals surface area (Å²) in [6.07, 6.45) is 1.90. The van der Waals surface area contributed by atoms with Crippen LogP contribution in [0.15, 0.2) is 0 Å². The fourth-order valence-electron chi connectivity index (χ4n) is 1.13. The summed E-state index contributed by atoms with van der Waals surface area (Å²) in [4.78, 5) is 0. The quantitative estimate of drug-likeness (QED) is 0.536. The van der Waals surface area contributed by atoms with E-state index in [9.17, 15) is 8.42 Å². The van der Waals surface area contributed by atoms with Gasteiger partial charge in [-0.3, -0.25) is 0 Å². The number of hydrogen-bond donors (Lipinski definition) is 2. The Balaban J connectivity index is 2.56. The van der Waals surface area contributed by atoms with Crippen LogP contribution in [0.5, 0.6) is 0 Å². The zero-order valence-electron chi connectivity index (χ0n) is 6.28. The molecule has 0 aromatic heterocycles. The molecule has 1 aliphatic rings. The lowest BCUT2D eigenvalue weighted by Crippen LogP contribution is -2.41. The van der Waals surface area contributed by atoms with Crippen LogP contribution in [-0.4, -0.2) is 32.5 Å². The van der Waals surface area contributed by atoms with Crippen LogP contribution in [0.1, 0.15) is 12.8 Å². The minimum atomic E-state index is -3.25. The van der Waals surface area contributed by atoms with Crippen molar-refractivity contribution in [2.75, 3.05) is 19.8 Å². The molecule has 0 amide bonds. The monoisotopic (exact) mass is 179 g/mol. The van der Waals surface area contributed by atoms with Crippen molar-refractivity contribution in [3.8, 4) is 0 Å². The fraction of sp³-hybridized carbons (Fsp3) is 1.00. The zero-order chi connectivity index (χ0) is 8.32. The Morgan fingerprint density at radius 2 is 1.91 bits per heavy atom. The molecule has 0 aromatic rings. The van der Waals surface area contributed by atoms with E-state index in [0.29, 0.717) is 13.1 Å². The van der Waals surface area contributed by atoms with Gasteiger partial charge in [0, 0.05) is 13.1 Å². The van der Waals surface area contributed by atoms with Crippen LogP contribution in [0.2, 0.25) is 0 Å². The molecule has 0 atom stereocenters. The minimum Gasteiger partial charge on any atom is -0.318 e. The summed E-state index contributed by atoms with van der Waals surface area (Å²) in [5, 5.41) is 0. The lowest BCUT2D eigenvalue weighted by atomic mass is 10.4. The zero-order valence-corrected chi connectivity index (χ0v) is 7.10. The van der Waals surface area contributed by atoms with E-state index >= 15 is 0 Å². The van der Waals surface area contributed by atoms with Gasteiger partial charge in [0.05, 0.1) is 6.67 Å². The molecule has 1 saturated heterocycles. The van der Waals surface area contributed by atoms with Crippen LogP contribution in [0.3, 0.4) is 0 Å². The average molecular weight is 179 g/mol. The lowest BCUT2D eigenvalue weighted by Gasteiger charge is -2.14. The van der Waals surface area contributed by atoms with Crippen molar-refractivity contribution in [3.05, 3.63) is 0 Å². The highest BCUT2D eigenvalue weighted by Gasteiger charge is 2.23. The van der Waals surface area contributed by atoms with Gasteiger partial charge in [-0.2, -0.15) is 17.4 Å². The maximum atomic E-state index is 11.2. The molecule has 0 spiro atoms. The molecule has 0 saturated carbocycles. The van der Waals surface area contributed by atoms with Gasteiger partial charge in [0.25, 0.3) is 10.2 Å². The summed E-state index contributed by atoms with van der Waals surface area (Å²) in [7, 11) is -3.25. The SMILES string of the molecule is NCNS(=O)(=O)N1CCCC1. The van der Waals surface area contributed by atoms with E-state index in [0.717, 1.165) is 12.8 Å². The Hall–Kier alpha value is -0.170. The Kier molecular flexibility index (Phi) is 2.83. The molecule has 0 aliphatic carbocycles. The van der Waals surface area contributed by atoms with Crippen molar-refractivity contribution in [3.63, 3.8) is 0 Å². The van der Waals surface area contributed by atoms with Crippen LogP contribution < -0.4 is 10.5 Å². The van der Waals surface area contributed by atoms with Crippen LogP contribution >= 0.6 is 0 Å². The lowest BCUT2D eigenvalue weighted by molar-refractivity contribution is 0.466. The van der Waals surface area contributed by atoms with Crippen molar-refractivity contribution < 1.29 is 8.42 Å². The summed E-state index contributed by atoms with van der Waals surface area (Å²) >= 11 is 0. The molecule has 1 fully saturated rings.